The lowest BCUT2D eigenvalue weighted by Gasteiger charge is -2.09. The van der Waals surface area contributed by atoms with E-state index in [0.29, 0.717) is 0 Å². The highest BCUT2D eigenvalue weighted by Crippen LogP contribution is 2.24. The van der Waals surface area contributed by atoms with Gasteiger partial charge in [0.05, 0.1) is 0 Å². The Morgan fingerprint density at radius 1 is 1.18 bits per heavy atom. The van der Waals surface area contributed by atoms with Crippen LogP contribution in [0.15, 0.2) is 23.1 Å². The molecule has 0 aliphatic rings. The lowest BCUT2D eigenvalue weighted by atomic mass is 10.1. The number of hydrogen-bond acceptors (Lipinski definition) is 2. The zero-order chi connectivity index (χ0) is 12.5. The van der Waals surface area contributed by atoms with Crippen LogP contribution in [0.1, 0.15) is 44.2 Å². The number of unbranched alkanes of at least 4 members (excludes halogenated alkanes) is 1. The molecule has 1 rings (SSSR count). The first-order valence-corrected chi connectivity index (χ1v) is 7.69. The Labute approximate surface area is 110 Å². The van der Waals surface area contributed by atoms with E-state index in [9.17, 15) is 0 Å². The molecule has 0 aliphatic heterocycles. The predicted molar refractivity (Wildman–Crippen MR) is 78.8 cm³/mol. The summed E-state index contributed by atoms with van der Waals surface area (Å²) in [6.45, 7) is 8.76. The number of nitrogens with one attached hydrogen (secondary N) is 1. The molecule has 0 spiro atoms. The van der Waals surface area contributed by atoms with Gasteiger partial charge >= 0.3 is 0 Å². The molecule has 0 heterocycles. The molecule has 0 aromatic heterocycles. The highest BCUT2D eigenvalue weighted by molar-refractivity contribution is 7.99. The van der Waals surface area contributed by atoms with Crippen molar-refractivity contribution in [3.8, 4) is 0 Å². The fourth-order valence-corrected chi connectivity index (χ4v) is 2.82. The summed E-state index contributed by atoms with van der Waals surface area (Å²) >= 11 is 1.99. The molecule has 0 unspecified atom stereocenters. The van der Waals surface area contributed by atoms with Gasteiger partial charge in [0.2, 0.25) is 0 Å². The molecule has 0 bridgehead atoms. The van der Waals surface area contributed by atoms with E-state index >= 15 is 0 Å². The maximum absolute atomic E-state index is 3.44. The van der Waals surface area contributed by atoms with Crippen molar-refractivity contribution in [3.63, 3.8) is 0 Å². The Bertz CT molecular complexity index is 323. The van der Waals surface area contributed by atoms with Crippen LogP contribution in [0.25, 0.3) is 0 Å². The van der Waals surface area contributed by atoms with E-state index in [0.717, 1.165) is 13.1 Å². The van der Waals surface area contributed by atoms with E-state index < -0.39 is 0 Å². The SMILES string of the molecule is CCCCSc1ccc(CNCCC)cc1C. The summed E-state index contributed by atoms with van der Waals surface area (Å²) in [6, 6.07) is 6.85. The molecule has 0 atom stereocenters. The fraction of sp³-hybridized carbons (Fsp3) is 0.600. The molecular weight excluding hydrogens is 226 g/mol. The maximum Gasteiger partial charge on any atom is 0.0205 e. The van der Waals surface area contributed by atoms with Gasteiger partial charge in [-0.05, 0) is 49.3 Å². The second-order valence-corrected chi connectivity index (χ2v) is 5.62. The highest BCUT2D eigenvalue weighted by Gasteiger charge is 2.00. The molecule has 1 aromatic rings. The van der Waals surface area contributed by atoms with Gasteiger partial charge in [0, 0.05) is 11.4 Å². The van der Waals surface area contributed by atoms with Gasteiger partial charge in [-0.3, -0.25) is 0 Å². The topological polar surface area (TPSA) is 12.0 Å². The van der Waals surface area contributed by atoms with Crippen molar-refractivity contribution in [2.75, 3.05) is 12.3 Å². The Morgan fingerprint density at radius 3 is 2.65 bits per heavy atom. The largest absolute Gasteiger partial charge is 0.313 e. The van der Waals surface area contributed by atoms with Gasteiger partial charge in [-0.1, -0.05) is 32.4 Å². The molecule has 0 fully saturated rings. The van der Waals surface area contributed by atoms with Gasteiger partial charge in [-0.2, -0.15) is 0 Å². The summed E-state index contributed by atoms with van der Waals surface area (Å²) in [4.78, 5) is 1.44. The van der Waals surface area contributed by atoms with Crippen LogP contribution in [0.2, 0.25) is 0 Å². The van der Waals surface area contributed by atoms with Crippen LogP contribution in [0.5, 0.6) is 0 Å². The van der Waals surface area contributed by atoms with E-state index in [4.69, 9.17) is 0 Å². The van der Waals surface area contributed by atoms with Gasteiger partial charge in [-0.25, -0.2) is 0 Å². The van der Waals surface area contributed by atoms with Crippen LogP contribution in [0.4, 0.5) is 0 Å². The quantitative estimate of drug-likeness (QED) is 0.543. The van der Waals surface area contributed by atoms with Gasteiger partial charge in [0.1, 0.15) is 0 Å². The molecule has 1 nitrogen and oxygen atoms in total. The number of rotatable bonds is 8. The first-order chi connectivity index (χ1) is 8.27. The average molecular weight is 251 g/mol. The van der Waals surface area contributed by atoms with Crippen molar-refractivity contribution < 1.29 is 0 Å². The monoisotopic (exact) mass is 251 g/mol. The average Bonchev–Trinajstić information content (AvgIpc) is 2.32. The third-order valence-electron chi connectivity index (χ3n) is 2.75. The van der Waals surface area contributed by atoms with Crippen LogP contribution < -0.4 is 5.32 Å². The number of thioether (sulfide) groups is 1. The molecule has 1 aromatic carbocycles. The summed E-state index contributed by atoms with van der Waals surface area (Å²) < 4.78 is 0. The molecule has 0 amide bonds. The van der Waals surface area contributed by atoms with E-state index in [-0.39, 0.29) is 0 Å². The fourth-order valence-electron chi connectivity index (χ4n) is 1.72. The van der Waals surface area contributed by atoms with Crippen molar-refractivity contribution in [2.24, 2.45) is 0 Å². The van der Waals surface area contributed by atoms with E-state index in [1.54, 1.807) is 0 Å². The van der Waals surface area contributed by atoms with Crippen molar-refractivity contribution in [2.45, 2.75) is 51.5 Å². The molecule has 96 valence electrons. The molecule has 0 saturated carbocycles. The van der Waals surface area contributed by atoms with Crippen LogP contribution in [0.3, 0.4) is 0 Å². The minimum absolute atomic E-state index is 0.995. The van der Waals surface area contributed by atoms with E-state index in [1.807, 2.05) is 11.8 Å². The molecule has 17 heavy (non-hydrogen) atoms. The molecular formula is C15H25NS. The summed E-state index contributed by atoms with van der Waals surface area (Å²) in [6.07, 6.45) is 3.79. The zero-order valence-corrected chi connectivity index (χ0v) is 12.2. The molecule has 2 heteroatoms. The van der Waals surface area contributed by atoms with Crippen molar-refractivity contribution in [3.05, 3.63) is 29.3 Å². The summed E-state index contributed by atoms with van der Waals surface area (Å²) in [5.41, 5.74) is 2.82. The lowest BCUT2D eigenvalue weighted by Crippen LogP contribution is -2.13. The van der Waals surface area contributed by atoms with Crippen molar-refractivity contribution in [1.82, 2.24) is 5.32 Å². The third kappa shape index (κ3) is 5.60. The minimum atomic E-state index is 0.995. The summed E-state index contributed by atoms with van der Waals surface area (Å²) in [5.74, 6) is 1.24. The summed E-state index contributed by atoms with van der Waals surface area (Å²) in [7, 11) is 0. The van der Waals surface area contributed by atoms with E-state index in [1.165, 1.54) is 41.0 Å². The van der Waals surface area contributed by atoms with E-state index in [2.05, 4.69) is 44.3 Å². The normalized spacial score (nSPS) is 10.8. The third-order valence-corrected chi connectivity index (χ3v) is 4.01. The first kappa shape index (κ1) is 14.6. The number of aryl methyl sites for hydroxylation is 1. The highest BCUT2D eigenvalue weighted by atomic mass is 32.2. The molecule has 1 N–H and O–H groups in total. The zero-order valence-electron chi connectivity index (χ0n) is 11.4. The number of benzene rings is 1. The van der Waals surface area contributed by atoms with Crippen molar-refractivity contribution >= 4 is 11.8 Å². The van der Waals surface area contributed by atoms with Gasteiger partial charge in [-0.15, -0.1) is 11.8 Å². The Kier molecular flexibility index (Phi) is 7.38. The van der Waals surface area contributed by atoms with Crippen LogP contribution in [0, 0.1) is 6.92 Å². The Hall–Kier alpha value is -0.470. The lowest BCUT2D eigenvalue weighted by molar-refractivity contribution is 0.675. The Morgan fingerprint density at radius 2 is 2.00 bits per heavy atom. The Balaban J connectivity index is 2.47. The molecule has 0 aliphatic carbocycles. The van der Waals surface area contributed by atoms with Gasteiger partial charge < -0.3 is 5.32 Å². The molecule has 0 saturated heterocycles. The van der Waals surface area contributed by atoms with Crippen LogP contribution >= 0.6 is 11.8 Å². The second-order valence-electron chi connectivity index (χ2n) is 4.48. The second kappa shape index (κ2) is 8.60. The standard InChI is InChI=1S/C15H25NS/c1-4-6-10-17-15-8-7-14(11-13(15)3)12-16-9-5-2/h7-8,11,16H,4-6,9-10,12H2,1-3H3. The van der Waals surface area contributed by atoms with Gasteiger partial charge in [0.15, 0.2) is 0 Å². The molecule has 0 radical (unpaired) electrons. The summed E-state index contributed by atoms with van der Waals surface area (Å²) in [5, 5.41) is 3.44. The maximum atomic E-state index is 3.44. The van der Waals surface area contributed by atoms with Gasteiger partial charge in [0.25, 0.3) is 0 Å². The van der Waals surface area contributed by atoms with Crippen LogP contribution in [-0.4, -0.2) is 12.3 Å². The predicted octanol–water partition coefficient (Wildman–Crippen LogP) is 4.39. The number of hydrogen-bond donors (Lipinski definition) is 1. The smallest absolute Gasteiger partial charge is 0.0205 e. The minimum Gasteiger partial charge on any atom is -0.313 e. The van der Waals surface area contributed by atoms with Crippen molar-refractivity contribution in [1.29, 1.82) is 0 Å². The van der Waals surface area contributed by atoms with Crippen LogP contribution in [-0.2, 0) is 6.54 Å². The first-order valence-electron chi connectivity index (χ1n) is 6.71.